The van der Waals surface area contributed by atoms with Gasteiger partial charge in [0.25, 0.3) is 0 Å². The molecule has 2 aromatic rings. The van der Waals surface area contributed by atoms with Crippen molar-refractivity contribution in [1.82, 2.24) is 14.8 Å². The first-order valence-corrected chi connectivity index (χ1v) is 8.73. The van der Waals surface area contributed by atoms with Crippen LogP contribution in [0.15, 0.2) is 36.5 Å². The van der Waals surface area contributed by atoms with E-state index < -0.39 is 0 Å². The van der Waals surface area contributed by atoms with E-state index in [-0.39, 0.29) is 0 Å². The van der Waals surface area contributed by atoms with Gasteiger partial charge >= 0.3 is 0 Å². The minimum Gasteiger partial charge on any atom is -0.375 e. The Balaban J connectivity index is 1.58. The normalized spacial score (nSPS) is 20.9. The molecule has 0 amide bonds. The van der Waals surface area contributed by atoms with Crippen LogP contribution in [-0.4, -0.2) is 40.5 Å². The lowest BCUT2D eigenvalue weighted by Gasteiger charge is -2.26. The van der Waals surface area contributed by atoms with Gasteiger partial charge in [0, 0.05) is 49.8 Å². The SMILES string of the molecule is CC1CCN(Cc2cnc(N)s2)CCN1Cc1ccccc1. The molecule has 4 nitrogen and oxygen atoms in total. The largest absolute Gasteiger partial charge is 0.375 e. The summed E-state index contributed by atoms with van der Waals surface area (Å²) in [5.41, 5.74) is 7.13. The van der Waals surface area contributed by atoms with E-state index in [4.69, 9.17) is 5.73 Å². The van der Waals surface area contributed by atoms with Crippen LogP contribution < -0.4 is 5.73 Å². The fourth-order valence-corrected chi connectivity index (χ4v) is 3.71. The molecule has 1 saturated heterocycles. The van der Waals surface area contributed by atoms with E-state index in [1.165, 1.54) is 16.9 Å². The first kappa shape index (κ1) is 15.5. The molecule has 0 bridgehead atoms. The van der Waals surface area contributed by atoms with Crippen molar-refractivity contribution >= 4 is 16.5 Å². The number of nitrogen functional groups attached to an aromatic ring is 1. The average molecular weight is 316 g/mol. The molecule has 2 N–H and O–H groups in total. The molecule has 118 valence electrons. The lowest BCUT2D eigenvalue weighted by Crippen LogP contribution is -2.34. The summed E-state index contributed by atoms with van der Waals surface area (Å²) in [6.07, 6.45) is 3.12. The van der Waals surface area contributed by atoms with Crippen molar-refractivity contribution in [2.75, 3.05) is 25.4 Å². The minimum absolute atomic E-state index is 0.622. The standard InChI is InChI=1S/C17H24N4S/c1-14-7-8-20(13-16-11-19-17(18)22-16)9-10-21(14)12-15-5-3-2-4-6-15/h2-6,11,14H,7-10,12-13H2,1H3,(H2,18,19). The zero-order valence-corrected chi connectivity index (χ0v) is 13.9. The molecule has 1 aromatic carbocycles. The summed E-state index contributed by atoms with van der Waals surface area (Å²) in [5, 5.41) is 0.670. The highest BCUT2D eigenvalue weighted by molar-refractivity contribution is 7.15. The molecule has 0 saturated carbocycles. The van der Waals surface area contributed by atoms with E-state index >= 15 is 0 Å². The summed E-state index contributed by atoms with van der Waals surface area (Å²) < 4.78 is 0. The first-order chi connectivity index (χ1) is 10.7. The third-order valence-electron chi connectivity index (χ3n) is 4.37. The molecular formula is C17H24N4S. The second kappa shape index (κ2) is 7.22. The van der Waals surface area contributed by atoms with Crippen LogP contribution in [0, 0.1) is 0 Å². The number of hydrogen-bond acceptors (Lipinski definition) is 5. The zero-order valence-electron chi connectivity index (χ0n) is 13.1. The highest BCUT2D eigenvalue weighted by Crippen LogP contribution is 2.19. The second-order valence-electron chi connectivity index (χ2n) is 6.03. The molecule has 5 heteroatoms. The number of anilines is 1. The maximum Gasteiger partial charge on any atom is 0.180 e. The molecule has 0 radical (unpaired) electrons. The van der Waals surface area contributed by atoms with Crippen LogP contribution in [0.1, 0.15) is 23.8 Å². The van der Waals surface area contributed by atoms with Crippen molar-refractivity contribution < 1.29 is 0 Å². The third kappa shape index (κ3) is 4.06. The predicted molar refractivity (Wildman–Crippen MR) is 92.7 cm³/mol. The van der Waals surface area contributed by atoms with Crippen molar-refractivity contribution in [3.63, 3.8) is 0 Å². The monoisotopic (exact) mass is 316 g/mol. The first-order valence-electron chi connectivity index (χ1n) is 7.91. The summed E-state index contributed by atoms with van der Waals surface area (Å²) in [4.78, 5) is 10.5. The third-order valence-corrected chi connectivity index (χ3v) is 5.18. The summed E-state index contributed by atoms with van der Waals surface area (Å²) in [7, 11) is 0. The van der Waals surface area contributed by atoms with Crippen LogP contribution in [0.4, 0.5) is 5.13 Å². The van der Waals surface area contributed by atoms with Gasteiger partial charge in [-0.2, -0.15) is 0 Å². The summed E-state index contributed by atoms with van der Waals surface area (Å²) >= 11 is 1.60. The smallest absolute Gasteiger partial charge is 0.180 e. The fraction of sp³-hybridized carbons (Fsp3) is 0.471. The van der Waals surface area contributed by atoms with Crippen LogP contribution >= 0.6 is 11.3 Å². The molecule has 3 rings (SSSR count). The van der Waals surface area contributed by atoms with Crippen molar-refractivity contribution in [3.8, 4) is 0 Å². The maximum absolute atomic E-state index is 5.73. The summed E-state index contributed by atoms with van der Waals surface area (Å²) in [6, 6.07) is 11.4. The highest BCUT2D eigenvalue weighted by atomic mass is 32.1. The van der Waals surface area contributed by atoms with E-state index in [9.17, 15) is 0 Å². The number of nitrogens with two attached hydrogens (primary N) is 1. The summed E-state index contributed by atoms with van der Waals surface area (Å²) in [6.45, 7) is 7.73. The van der Waals surface area contributed by atoms with Gasteiger partial charge in [-0.1, -0.05) is 30.3 Å². The number of aromatic nitrogens is 1. The Hall–Kier alpha value is -1.43. The lowest BCUT2D eigenvalue weighted by molar-refractivity contribution is 0.205. The quantitative estimate of drug-likeness (QED) is 0.942. The van der Waals surface area contributed by atoms with Gasteiger partial charge in [-0.15, -0.1) is 11.3 Å². The van der Waals surface area contributed by atoms with Crippen LogP contribution in [0.2, 0.25) is 0 Å². The highest BCUT2D eigenvalue weighted by Gasteiger charge is 2.21. The molecule has 1 aliphatic rings. The van der Waals surface area contributed by atoms with E-state index in [1.54, 1.807) is 11.3 Å². The number of thiazole rings is 1. The van der Waals surface area contributed by atoms with Crippen molar-refractivity contribution in [3.05, 3.63) is 47.0 Å². The molecular weight excluding hydrogens is 292 g/mol. The van der Waals surface area contributed by atoms with Crippen LogP contribution in [0.5, 0.6) is 0 Å². The van der Waals surface area contributed by atoms with Crippen molar-refractivity contribution in [2.45, 2.75) is 32.5 Å². The molecule has 1 fully saturated rings. The van der Waals surface area contributed by atoms with Gasteiger partial charge in [-0.05, 0) is 18.9 Å². The zero-order chi connectivity index (χ0) is 15.4. The van der Waals surface area contributed by atoms with Gasteiger partial charge in [0.15, 0.2) is 5.13 Å². The fourth-order valence-electron chi connectivity index (χ4n) is 2.98. The van der Waals surface area contributed by atoms with Gasteiger partial charge in [0.05, 0.1) is 0 Å². The second-order valence-corrected chi connectivity index (χ2v) is 7.18. The van der Waals surface area contributed by atoms with E-state index in [0.717, 1.165) is 32.7 Å². The molecule has 1 aliphatic heterocycles. The molecule has 0 aliphatic carbocycles. The number of nitrogens with zero attached hydrogens (tertiary/aromatic N) is 3. The van der Waals surface area contributed by atoms with Crippen molar-refractivity contribution in [1.29, 1.82) is 0 Å². The van der Waals surface area contributed by atoms with Crippen molar-refractivity contribution in [2.24, 2.45) is 0 Å². The Kier molecular flexibility index (Phi) is 5.08. The van der Waals surface area contributed by atoms with E-state index in [1.807, 2.05) is 6.20 Å². The van der Waals surface area contributed by atoms with Gasteiger partial charge in [0.1, 0.15) is 0 Å². The molecule has 1 unspecified atom stereocenters. The van der Waals surface area contributed by atoms with Gasteiger partial charge in [-0.25, -0.2) is 4.98 Å². The molecule has 0 spiro atoms. The molecule has 1 atom stereocenters. The Bertz CT molecular complexity index is 583. The number of rotatable bonds is 4. The Morgan fingerprint density at radius 1 is 1.18 bits per heavy atom. The lowest BCUT2D eigenvalue weighted by atomic mass is 10.1. The Labute approximate surface area is 136 Å². The topological polar surface area (TPSA) is 45.4 Å². The molecule has 1 aromatic heterocycles. The van der Waals surface area contributed by atoms with Crippen LogP contribution in [0.25, 0.3) is 0 Å². The minimum atomic E-state index is 0.622. The van der Waals surface area contributed by atoms with Gasteiger partial charge in [-0.3, -0.25) is 9.80 Å². The predicted octanol–water partition coefficient (Wildman–Crippen LogP) is 2.82. The number of benzene rings is 1. The van der Waals surface area contributed by atoms with E-state index in [0.29, 0.717) is 11.2 Å². The maximum atomic E-state index is 5.73. The molecule has 2 heterocycles. The molecule has 22 heavy (non-hydrogen) atoms. The average Bonchev–Trinajstić information content (AvgIpc) is 2.86. The van der Waals surface area contributed by atoms with Gasteiger partial charge in [0.2, 0.25) is 0 Å². The van der Waals surface area contributed by atoms with E-state index in [2.05, 4.69) is 52.0 Å². The summed E-state index contributed by atoms with van der Waals surface area (Å²) in [5.74, 6) is 0. The van der Waals surface area contributed by atoms with Crippen LogP contribution in [0.3, 0.4) is 0 Å². The Morgan fingerprint density at radius 3 is 2.73 bits per heavy atom. The number of hydrogen-bond donors (Lipinski definition) is 1. The van der Waals surface area contributed by atoms with Crippen LogP contribution in [-0.2, 0) is 13.1 Å². The Morgan fingerprint density at radius 2 is 2.00 bits per heavy atom. The van der Waals surface area contributed by atoms with Gasteiger partial charge < -0.3 is 5.73 Å².